The summed E-state index contributed by atoms with van der Waals surface area (Å²) >= 11 is 1.45. The molecule has 0 radical (unpaired) electrons. The summed E-state index contributed by atoms with van der Waals surface area (Å²) in [4.78, 5) is 1.17. The highest BCUT2D eigenvalue weighted by atomic mass is 32.2. The van der Waals surface area contributed by atoms with Crippen LogP contribution in [0.25, 0.3) is 0 Å². The zero-order chi connectivity index (χ0) is 14.4. The molecule has 2 heterocycles. The molecule has 0 aliphatic heterocycles. The maximum Gasteiger partial charge on any atom is 0.242 e. The van der Waals surface area contributed by atoms with Crippen LogP contribution in [-0.4, -0.2) is 15.0 Å². The first-order valence-corrected chi connectivity index (χ1v) is 8.79. The van der Waals surface area contributed by atoms with Gasteiger partial charge in [0.2, 0.25) is 10.0 Å². The lowest BCUT2D eigenvalue weighted by Gasteiger charge is -2.07. The van der Waals surface area contributed by atoms with Crippen molar-refractivity contribution in [3.63, 3.8) is 0 Å². The van der Waals surface area contributed by atoms with Gasteiger partial charge < -0.3 is 9.73 Å². The molecule has 0 bridgehead atoms. The second-order valence-corrected chi connectivity index (χ2v) is 7.02. The van der Waals surface area contributed by atoms with Gasteiger partial charge in [-0.2, -0.15) is 0 Å². The SMILES string of the molecule is CCCNCc1sccc1S(=O)(=O)NCc1ccco1. The van der Waals surface area contributed by atoms with Crippen LogP contribution in [-0.2, 0) is 23.1 Å². The minimum Gasteiger partial charge on any atom is -0.468 e. The van der Waals surface area contributed by atoms with Gasteiger partial charge in [-0.1, -0.05) is 6.92 Å². The Bertz CT molecular complexity index is 618. The number of hydrogen-bond acceptors (Lipinski definition) is 5. The average Bonchev–Trinajstić information content (AvgIpc) is 3.08. The van der Waals surface area contributed by atoms with Crippen molar-refractivity contribution in [1.82, 2.24) is 10.0 Å². The molecule has 0 aliphatic rings. The Balaban J connectivity index is 2.03. The van der Waals surface area contributed by atoms with E-state index in [9.17, 15) is 8.42 Å². The molecule has 2 aromatic rings. The Morgan fingerprint density at radius 3 is 2.85 bits per heavy atom. The van der Waals surface area contributed by atoms with E-state index < -0.39 is 10.0 Å². The first-order chi connectivity index (χ1) is 9.63. The zero-order valence-electron chi connectivity index (χ0n) is 11.3. The summed E-state index contributed by atoms with van der Waals surface area (Å²) in [5.74, 6) is 0.592. The predicted octanol–water partition coefficient (Wildman–Crippen LogP) is 2.32. The third kappa shape index (κ3) is 3.92. The summed E-state index contributed by atoms with van der Waals surface area (Å²) in [7, 11) is -3.50. The fourth-order valence-electron chi connectivity index (χ4n) is 1.73. The van der Waals surface area contributed by atoms with Crippen molar-refractivity contribution in [1.29, 1.82) is 0 Å². The van der Waals surface area contributed by atoms with Crippen molar-refractivity contribution in [2.45, 2.75) is 31.3 Å². The van der Waals surface area contributed by atoms with E-state index in [0.717, 1.165) is 17.8 Å². The van der Waals surface area contributed by atoms with E-state index >= 15 is 0 Å². The first-order valence-electron chi connectivity index (χ1n) is 6.42. The van der Waals surface area contributed by atoms with Crippen LogP contribution in [0.15, 0.2) is 39.2 Å². The number of nitrogens with one attached hydrogen (secondary N) is 2. The Morgan fingerprint density at radius 1 is 1.30 bits per heavy atom. The molecule has 5 nitrogen and oxygen atoms in total. The van der Waals surface area contributed by atoms with E-state index in [1.54, 1.807) is 23.6 Å². The number of furan rings is 1. The van der Waals surface area contributed by atoms with Crippen LogP contribution in [0.1, 0.15) is 24.0 Å². The van der Waals surface area contributed by atoms with Crippen molar-refractivity contribution < 1.29 is 12.8 Å². The summed E-state index contributed by atoms with van der Waals surface area (Å²) < 4.78 is 32.2. The number of thiophene rings is 1. The summed E-state index contributed by atoms with van der Waals surface area (Å²) in [6, 6.07) is 5.10. The molecular weight excluding hydrogens is 296 g/mol. The molecule has 0 fully saturated rings. The van der Waals surface area contributed by atoms with Gasteiger partial charge in [0.05, 0.1) is 17.7 Å². The zero-order valence-corrected chi connectivity index (χ0v) is 12.9. The molecule has 110 valence electrons. The molecule has 2 N–H and O–H groups in total. The maximum atomic E-state index is 12.3. The van der Waals surface area contributed by atoms with Crippen LogP contribution in [0.3, 0.4) is 0 Å². The second kappa shape index (κ2) is 7.03. The molecule has 7 heteroatoms. The summed E-state index contributed by atoms with van der Waals surface area (Å²) in [5.41, 5.74) is 0. The van der Waals surface area contributed by atoms with Crippen LogP contribution in [0.5, 0.6) is 0 Å². The fourth-order valence-corrected chi connectivity index (χ4v) is 4.14. The van der Waals surface area contributed by atoms with E-state index in [0.29, 0.717) is 17.2 Å². The van der Waals surface area contributed by atoms with Gasteiger partial charge in [0.1, 0.15) is 5.76 Å². The first kappa shape index (κ1) is 15.2. The molecule has 0 atom stereocenters. The van der Waals surface area contributed by atoms with Gasteiger partial charge >= 0.3 is 0 Å². The van der Waals surface area contributed by atoms with E-state index in [4.69, 9.17) is 4.42 Å². The van der Waals surface area contributed by atoms with Gasteiger partial charge in [-0.3, -0.25) is 0 Å². The Labute approximate surface area is 123 Å². The highest BCUT2D eigenvalue weighted by Gasteiger charge is 2.19. The lowest BCUT2D eigenvalue weighted by Crippen LogP contribution is -2.24. The van der Waals surface area contributed by atoms with Crippen LogP contribution in [0.4, 0.5) is 0 Å². The van der Waals surface area contributed by atoms with Gasteiger partial charge in [-0.15, -0.1) is 11.3 Å². The summed E-state index contributed by atoms with van der Waals surface area (Å²) in [6.45, 7) is 3.68. The smallest absolute Gasteiger partial charge is 0.242 e. The highest BCUT2D eigenvalue weighted by Crippen LogP contribution is 2.22. The lowest BCUT2D eigenvalue weighted by molar-refractivity contribution is 0.498. The molecule has 0 spiro atoms. The third-order valence-electron chi connectivity index (χ3n) is 2.72. The Kier molecular flexibility index (Phi) is 5.36. The van der Waals surface area contributed by atoms with Crippen LogP contribution in [0, 0.1) is 0 Å². The Hall–Kier alpha value is -1.15. The fraction of sp³-hybridized carbons (Fsp3) is 0.385. The number of hydrogen-bond donors (Lipinski definition) is 2. The average molecular weight is 314 g/mol. The molecule has 0 saturated carbocycles. The van der Waals surface area contributed by atoms with E-state index in [-0.39, 0.29) is 6.54 Å². The monoisotopic (exact) mass is 314 g/mol. The van der Waals surface area contributed by atoms with E-state index in [2.05, 4.69) is 17.0 Å². The molecule has 0 saturated heterocycles. The van der Waals surface area contributed by atoms with Gasteiger partial charge in [-0.25, -0.2) is 13.1 Å². The topological polar surface area (TPSA) is 71.3 Å². The molecule has 20 heavy (non-hydrogen) atoms. The summed E-state index contributed by atoms with van der Waals surface area (Å²) in [5, 5.41) is 5.02. The molecule has 0 aliphatic carbocycles. The van der Waals surface area contributed by atoms with Crippen molar-refractivity contribution in [2.24, 2.45) is 0 Å². The van der Waals surface area contributed by atoms with Gasteiger partial charge in [0.15, 0.2) is 0 Å². The minimum atomic E-state index is -3.50. The van der Waals surface area contributed by atoms with E-state index in [1.807, 2.05) is 0 Å². The second-order valence-electron chi connectivity index (χ2n) is 4.29. The predicted molar refractivity (Wildman–Crippen MR) is 79.1 cm³/mol. The lowest BCUT2D eigenvalue weighted by atomic mass is 10.4. The number of rotatable bonds is 8. The van der Waals surface area contributed by atoms with Crippen LogP contribution >= 0.6 is 11.3 Å². The van der Waals surface area contributed by atoms with Crippen molar-refractivity contribution in [3.8, 4) is 0 Å². The van der Waals surface area contributed by atoms with Crippen LogP contribution < -0.4 is 10.0 Å². The molecule has 0 amide bonds. The number of sulfonamides is 1. The normalized spacial score (nSPS) is 11.8. The maximum absolute atomic E-state index is 12.3. The molecule has 0 aromatic carbocycles. The van der Waals surface area contributed by atoms with Crippen LogP contribution in [0.2, 0.25) is 0 Å². The molecule has 2 rings (SSSR count). The minimum absolute atomic E-state index is 0.160. The quantitative estimate of drug-likeness (QED) is 0.734. The van der Waals surface area contributed by atoms with Gasteiger partial charge in [0.25, 0.3) is 0 Å². The highest BCUT2D eigenvalue weighted by molar-refractivity contribution is 7.89. The van der Waals surface area contributed by atoms with Crippen molar-refractivity contribution in [2.75, 3.05) is 6.54 Å². The summed E-state index contributed by atoms with van der Waals surface area (Å²) in [6.07, 6.45) is 2.54. The van der Waals surface area contributed by atoms with Gasteiger partial charge in [-0.05, 0) is 36.5 Å². The Morgan fingerprint density at radius 2 is 2.15 bits per heavy atom. The van der Waals surface area contributed by atoms with E-state index in [1.165, 1.54) is 17.6 Å². The third-order valence-corrected chi connectivity index (χ3v) is 5.26. The van der Waals surface area contributed by atoms with Gasteiger partial charge in [0, 0.05) is 11.4 Å². The molecule has 0 unspecified atom stereocenters. The van der Waals surface area contributed by atoms with Crippen molar-refractivity contribution >= 4 is 21.4 Å². The molecular formula is C13H18N2O3S2. The largest absolute Gasteiger partial charge is 0.468 e. The standard InChI is InChI=1S/C13H18N2O3S2/c1-2-6-14-10-12-13(5-8-19-12)20(16,17)15-9-11-4-3-7-18-11/h3-5,7-8,14-15H,2,6,9-10H2,1H3. The van der Waals surface area contributed by atoms with Crippen molar-refractivity contribution in [3.05, 3.63) is 40.5 Å². The molecule has 2 aromatic heterocycles.